The normalized spacial score (nSPS) is 17.4. The summed E-state index contributed by atoms with van der Waals surface area (Å²) in [6, 6.07) is -2.00. The molecule has 7 heteroatoms. The van der Waals surface area contributed by atoms with Gasteiger partial charge < -0.3 is 9.84 Å². The molecule has 3 atom stereocenters. The van der Waals surface area contributed by atoms with Gasteiger partial charge in [0.2, 0.25) is 0 Å². The van der Waals surface area contributed by atoms with Gasteiger partial charge in [-0.3, -0.25) is 10.1 Å². The number of nitro groups is 1. The maximum atomic E-state index is 13.4. The molecule has 0 aliphatic rings. The van der Waals surface area contributed by atoms with E-state index in [1.54, 1.807) is 0 Å². The predicted molar refractivity (Wildman–Crippen MR) is 53.2 cm³/mol. The second-order valence-corrected chi connectivity index (χ2v) is 4.45. The van der Waals surface area contributed by atoms with Gasteiger partial charge in [-0.25, -0.2) is 9.18 Å². The van der Waals surface area contributed by atoms with Crippen molar-refractivity contribution in [3.63, 3.8) is 0 Å². The van der Waals surface area contributed by atoms with Crippen molar-refractivity contribution in [1.29, 1.82) is 0 Å². The van der Waals surface area contributed by atoms with Crippen molar-refractivity contribution < 1.29 is 24.0 Å². The van der Waals surface area contributed by atoms with Crippen molar-refractivity contribution >= 4 is 5.97 Å². The fraction of sp³-hybridized carbons (Fsp3) is 0.889. The highest BCUT2D eigenvalue weighted by Gasteiger charge is 2.43. The molecular weight excluding hydrogens is 221 g/mol. The first-order valence-electron chi connectivity index (χ1n) is 4.74. The number of alkyl halides is 1. The lowest BCUT2D eigenvalue weighted by atomic mass is 10.1. The zero-order valence-corrected chi connectivity index (χ0v) is 9.64. The average molecular weight is 237 g/mol. The number of nitrogens with zero attached hydrogens (tertiary/aromatic N) is 1. The third-order valence-electron chi connectivity index (χ3n) is 1.67. The van der Waals surface area contributed by atoms with E-state index in [4.69, 9.17) is 5.11 Å². The Morgan fingerprint density at radius 1 is 1.50 bits per heavy atom. The van der Waals surface area contributed by atoms with E-state index in [0.717, 1.165) is 6.92 Å². The van der Waals surface area contributed by atoms with Crippen molar-refractivity contribution in [2.24, 2.45) is 0 Å². The van der Waals surface area contributed by atoms with Crippen LogP contribution in [0.5, 0.6) is 0 Å². The van der Waals surface area contributed by atoms with E-state index in [2.05, 4.69) is 4.74 Å². The second kappa shape index (κ2) is 5.20. The SMILES string of the molecule is CC(O)C([C@H](F)C(=O)OC(C)(C)C)[N+](=O)[O-]. The quantitative estimate of drug-likeness (QED) is 0.441. The minimum absolute atomic E-state index is 0.929. The van der Waals surface area contributed by atoms with Crippen LogP contribution >= 0.6 is 0 Å². The molecule has 0 bridgehead atoms. The summed E-state index contributed by atoms with van der Waals surface area (Å²) < 4.78 is 18.1. The summed E-state index contributed by atoms with van der Waals surface area (Å²) in [5.41, 5.74) is -0.929. The fourth-order valence-corrected chi connectivity index (χ4v) is 1.03. The number of ether oxygens (including phenoxy) is 1. The summed E-state index contributed by atoms with van der Waals surface area (Å²) in [6.07, 6.45) is -4.05. The molecular formula is C9H16FNO5. The van der Waals surface area contributed by atoms with Crippen molar-refractivity contribution in [3.05, 3.63) is 10.1 Å². The first-order valence-corrected chi connectivity index (χ1v) is 4.74. The zero-order chi connectivity index (χ0) is 13.1. The number of rotatable bonds is 4. The van der Waals surface area contributed by atoms with Crippen LogP contribution in [-0.2, 0) is 9.53 Å². The van der Waals surface area contributed by atoms with E-state index in [-0.39, 0.29) is 0 Å². The third-order valence-corrected chi connectivity index (χ3v) is 1.67. The van der Waals surface area contributed by atoms with Crippen LogP contribution in [0.1, 0.15) is 27.7 Å². The molecule has 0 radical (unpaired) electrons. The van der Waals surface area contributed by atoms with Gasteiger partial charge >= 0.3 is 5.97 Å². The first kappa shape index (κ1) is 14.8. The highest BCUT2D eigenvalue weighted by molar-refractivity contribution is 5.75. The molecule has 0 amide bonds. The summed E-state index contributed by atoms with van der Waals surface area (Å²) in [4.78, 5) is 20.6. The summed E-state index contributed by atoms with van der Waals surface area (Å²) in [5, 5.41) is 19.5. The largest absolute Gasteiger partial charge is 0.458 e. The molecule has 0 spiro atoms. The van der Waals surface area contributed by atoms with Crippen LogP contribution in [0.25, 0.3) is 0 Å². The zero-order valence-electron chi connectivity index (χ0n) is 9.64. The molecule has 1 N–H and O–H groups in total. The standard InChI is InChI=1S/C9H16FNO5/c1-5(12)7(11(14)15)6(10)8(13)16-9(2,3)4/h5-7,12H,1-4H3/t5?,6-,7?/m0/s1. The van der Waals surface area contributed by atoms with Crippen molar-refractivity contribution in [1.82, 2.24) is 0 Å². The Morgan fingerprint density at radius 3 is 2.19 bits per heavy atom. The molecule has 0 aliphatic carbocycles. The molecule has 0 fully saturated rings. The molecule has 6 nitrogen and oxygen atoms in total. The smallest absolute Gasteiger partial charge is 0.348 e. The van der Waals surface area contributed by atoms with Gasteiger partial charge in [0.15, 0.2) is 0 Å². The van der Waals surface area contributed by atoms with Gasteiger partial charge in [-0.1, -0.05) is 0 Å². The maximum absolute atomic E-state index is 13.4. The summed E-state index contributed by atoms with van der Waals surface area (Å²) in [5.74, 6) is -1.34. The minimum Gasteiger partial charge on any atom is -0.458 e. The Kier molecular flexibility index (Phi) is 4.80. The lowest BCUT2D eigenvalue weighted by Crippen LogP contribution is -2.46. The van der Waals surface area contributed by atoms with Gasteiger partial charge in [-0.05, 0) is 27.7 Å². The number of aliphatic hydroxyl groups is 1. The molecule has 94 valence electrons. The van der Waals surface area contributed by atoms with Crippen molar-refractivity contribution in [2.75, 3.05) is 0 Å². The summed E-state index contributed by atoms with van der Waals surface area (Å²) in [7, 11) is 0. The predicted octanol–water partition coefficient (Wildman–Crippen LogP) is 0.692. The molecule has 0 rings (SSSR count). The lowest BCUT2D eigenvalue weighted by Gasteiger charge is -2.22. The van der Waals surface area contributed by atoms with Gasteiger partial charge in [0.1, 0.15) is 11.7 Å². The summed E-state index contributed by atoms with van der Waals surface area (Å²) >= 11 is 0. The van der Waals surface area contributed by atoms with Gasteiger partial charge in [0, 0.05) is 4.92 Å². The Balaban J connectivity index is 4.69. The Bertz CT molecular complexity index is 274. The fourth-order valence-electron chi connectivity index (χ4n) is 1.03. The van der Waals surface area contributed by atoms with Gasteiger partial charge in [-0.15, -0.1) is 0 Å². The van der Waals surface area contributed by atoms with Gasteiger partial charge in [0.05, 0.1) is 0 Å². The van der Waals surface area contributed by atoms with Crippen LogP contribution < -0.4 is 0 Å². The number of halogens is 1. The Morgan fingerprint density at radius 2 is 1.94 bits per heavy atom. The van der Waals surface area contributed by atoms with Crippen molar-refractivity contribution in [3.8, 4) is 0 Å². The van der Waals surface area contributed by atoms with E-state index in [1.807, 2.05) is 0 Å². The van der Waals surface area contributed by atoms with Crippen LogP contribution in [-0.4, -0.2) is 39.9 Å². The second-order valence-electron chi connectivity index (χ2n) is 4.45. The third kappa shape index (κ3) is 4.52. The van der Waals surface area contributed by atoms with Crippen LogP contribution in [0.4, 0.5) is 4.39 Å². The highest BCUT2D eigenvalue weighted by atomic mass is 19.1. The van der Waals surface area contributed by atoms with E-state index in [1.165, 1.54) is 20.8 Å². The molecule has 2 unspecified atom stereocenters. The molecule has 0 heterocycles. The van der Waals surface area contributed by atoms with Crippen LogP contribution in [0, 0.1) is 10.1 Å². The van der Waals surface area contributed by atoms with Crippen LogP contribution in [0.2, 0.25) is 0 Å². The number of hydrogen-bond acceptors (Lipinski definition) is 5. The number of aliphatic hydroxyl groups excluding tert-OH is 1. The number of carbonyl (C=O) groups is 1. The van der Waals surface area contributed by atoms with Crippen molar-refractivity contribution in [2.45, 2.75) is 51.6 Å². The molecule has 0 aromatic heterocycles. The molecule has 0 aromatic rings. The molecule has 16 heavy (non-hydrogen) atoms. The average Bonchev–Trinajstić information content (AvgIpc) is 1.98. The van der Waals surface area contributed by atoms with E-state index < -0.39 is 34.8 Å². The molecule has 0 aromatic carbocycles. The molecule has 0 saturated carbocycles. The monoisotopic (exact) mass is 237 g/mol. The number of hydrogen-bond donors (Lipinski definition) is 1. The summed E-state index contributed by atoms with van der Waals surface area (Å²) in [6.45, 7) is 5.59. The van der Waals surface area contributed by atoms with Gasteiger partial charge in [0.25, 0.3) is 12.2 Å². The topological polar surface area (TPSA) is 89.7 Å². The Labute approximate surface area is 92.5 Å². The van der Waals surface area contributed by atoms with E-state index >= 15 is 0 Å². The van der Waals surface area contributed by atoms with E-state index in [9.17, 15) is 19.3 Å². The van der Waals surface area contributed by atoms with Crippen LogP contribution in [0.15, 0.2) is 0 Å². The lowest BCUT2D eigenvalue weighted by molar-refractivity contribution is -0.539. The number of carbonyl (C=O) groups excluding carboxylic acids is 1. The highest BCUT2D eigenvalue weighted by Crippen LogP contribution is 2.15. The Hall–Kier alpha value is -1.24. The van der Waals surface area contributed by atoms with Gasteiger partial charge in [-0.2, -0.15) is 0 Å². The maximum Gasteiger partial charge on any atom is 0.348 e. The molecule has 0 saturated heterocycles. The van der Waals surface area contributed by atoms with E-state index in [0.29, 0.717) is 0 Å². The number of esters is 1. The molecule has 0 aliphatic heterocycles. The minimum atomic E-state index is -2.48. The van der Waals surface area contributed by atoms with Crippen LogP contribution in [0.3, 0.4) is 0 Å². The first-order chi connectivity index (χ1) is 7.06.